The van der Waals surface area contributed by atoms with Crippen LogP contribution in [0.5, 0.6) is 0 Å². The smallest absolute Gasteiger partial charge is 0.0303 e. The molecule has 3 heteroatoms. The molecular formula is C13H20N2S. The number of nitrogens with one attached hydrogen (secondary N) is 1. The maximum absolute atomic E-state index is 3.76. The summed E-state index contributed by atoms with van der Waals surface area (Å²) in [7, 11) is 0. The number of hydrogen-bond acceptors (Lipinski definition) is 3. The van der Waals surface area contributed by atoms with E-state index in [-0.39, 0.29) is 0 Å². The Morgan fingerprint density at radius 3 is 3.00 bits per heavy atom. The summed E-state index contributed by atoms with van der Waals surface area (Å²) in [6, 6.07) is 4.38. The molecule has 0 amide bonds. The van der Waals surface area contributed by atoms with Gasteiger partial charge >= 0.3 is 0 Å². The van der Waals surface area contributed by atoms with Crippen molar-refractivity contribution in [3.05, 3.63) is 22.4 Å². The van der Waals surface area contributed by atoms with Crippen LogP contribution in [0.2, 0.25) is 0 Å². The molecule has 2 heterocycles. The van der Waals surface area contributed by atoms with Crippen LogP contribution in [-0.2, 0) is 0 Å². The second kappa shape index (κ2) is 4.47. The summed E-state index contributed by atoms with van der Waals surface area (Å²) in [5.41, 5.74) is 1.44. The molecule has 3 rings (SSSR count). The highest BCUT2D eigenvalue weighted by atomic mass is 32.1. The topological polar surface area (TPSA) is 15.3 Å². The highest BCUT2D eigenvalue weighted by Gasteiger charge is 2.34. The van der Waals surface area contributed by atoms with Gasteiger partial charge in [-0.25, -0.2) is 0 Å². The van der Waals surface area contributed by atoms with Crippen molar-refractivity contribution in [1.82, 2.24) is 10.2 Å². The van der Waals surface area contributed by atoms with Gasteiger partial charge in [0.1, 0.15) is 0 Å². The van der Waals surface area contributed by atoms with E-state index in [1.165, 1.54) is 37.9 Å². The van der Waals surface area contributed by atoms with Gasteiger partial charge in [-0.05, 0) is 48.6 Å². The molecule has 1 N–H and O–H groups in total. The van der Waals surface area contributed by atoms with Crippen molar-refractivity contribution in [2.45, 2.75) is 44.3 Å². The van der Waals surface area contributed by atoms with Crippen LogP contribution in [0.15, 0.2) is 16.8 Å². The van der Waals surface area contributed by atoms with Gasteiger partial charge < -0.3 is 5.32 Å². The van der Waals surface area contributed by atoms with Crippen LogP contribution in [0.25, 0.3) is 0 Å². The fourth-order valence-electron chi connectivity index (χ4n) is 2.67. The molecule has 0 spiro atoms. The molecule has 1 saturated carbocycles. The summed E-state index contributed by atoms with van der Waals surface area (Å²) in [6.45, 7) is 4.85. The maximum atomic E-state index is 3.76. The van der Waals surface area contributed by atoms with Crippen molar-refractivity contribution in [1.29, 1.82) is 0 Å². The van der Waals surface area contributed by atoms with E-state index in [4.69, 9.17) is 0 Å². The number of thiophene rings is 1. The Morgan fingerprint density at radius 2 is 2.31 bits per heavy atom. The Labute approximate surface area is 102 Å². The van der Waals surface area contributed by atoms with Gasteiger partial charge in [-0.1, -0.05) is 0 Å². The predicted molar refractivity (Wildman–Crippen MR) is 68.9 cm³/mol. The van der Waals surface area contributed by atoms with E-state index in [9.17, 15) is 0 Å². The molecule has 0 radical (unpaired) electrons. The first-order valence-electron chi connectivity index (χ1n) is 6.35. The van der Waals surface area contributed by atoms with Crippen LogP contribution in [0.1, 0.15) is 37.8 Å². The molecule has 1 aromatic rings. The third-order valence-electron chi connectivity index (χ3n) is 3.81. The lowest BCUT2D eigenvalue weighted by Gasteiger charge is -2.19. The molecule has 1 aliphatic carbocycles. The first-order valence-corrected chi connectivity index (χ1v) is 7.29. The van der Waals surface area contributed by atoms with E-state index in [1.807, 2.05) is 0 Å². The third kappa shape index (κ3) is 2.31. The standard InChI is InChI=1S/C13H20N2S/c1-10(11-5-7-16-9-11)14-12-4-6-15(8-12)13-2-3-13/h5,7,9-10,12-14H,2-4,6,8H2,1H3. The zero-order chi connectivity index (χ0) is 11.0. The zero-order valence-electron chi connectivity index (χ0n) is 9.86. The Morgan fingerprint density at radius 1 is 1.44 bits per heavy atom. The Kier molecular flexibility index (Phi) is 3.01. The van der Waals surface area contributed by atoms with E-state index < -0.39 is 0 Å². The molecule has 2 nitrogen and oxygen atoms in total. The van der Waals surface area contributed by atoms with Crippen LogP contribution in [-0.4, -0.2) is 30.1 Å². The van der Waals surface area contributed by atoms with Gasteiger partial charge in [-0.15, -0.1) is 0 Å². The lowest BCUT2D eigenvalue weighted by molar-refractivity contribution is 0.313. The Balaban J connectivity index is 1.51. The molecule has 16 heavy (non-hydrogen) atoms. The minimum Gasteiger partial charge on any atom is -0.306 e. The van der Waals surface area contributed by atoms with E-state index in [0.717, 1.165) is 6.04 Å². The van der Waals surface area contributed by atoms with Gasteiger partial charge in [-0.2, -0.15) is 11.3 Å². The summed E-state index contributed by atoms with van der Waals surface area (Å²) >= 11 is 1.79. The molecule has 2 fully saturated rings. The van der Waals surface area contributed by atoms with Gasteiger partial charge in [0.25, 0.3) is 0 Å². The Hall–Kier alpha value is -0.380. The fourth-order valence-corrected chi connectivity index (χ4v) is 3.42. The molecule has 1 saturated heterocycles. The molecule has 2 unspecified atom stereocenters. The zero-order valence-corrected chi connectivity index (χ0v) is 10.7. The summed E-state index contributed by atoms with van der Waals surface area (Å²) in [6.07, 6.45) is 4.20. The van der Waals surface area contributed by atoms with Gasteiger partial charge in [0.2, 0.25) is 0 Å². The van der Waals surface area contributed by atoms with Crippen LogP contribution >= 0.6 is 11.3 Å². The fraction of sp³-hybridized carbons (Fsp3) is 0.692. The van der Waals surface area contributed by atoms with Crippen LogP contribution in [0.4, 0.5) is 0 Å². The van der Waals surface area contributed by atoms with Crippen LogP contribution in [0.3, 0.4) is 0 Å². The maximum Gasteiger partial charge on any atom is 0.0303 e. The SMILES string of the molecule is CC(NC1CCN(C2CC2)C1)c1ccsc1. The van der Waals surface area contributed by atoms with E-state index >= 15 is 0 Å². The van der Waals surface area contributed by atoms with Crippen molar-refractivity contribution in [2.75, 3.05) is 13.1 Å². The van der Waals surface area contributed by atoms with E-state index in [0.29, 0.717) is 12.1 Å². The van der Waals surface area contributed by atoms with Gasteiger partial charge in [0.15, 0.2) is 0 Å². The first kappa shape index (κ1) is 10.8. The summed E-state index contributed by atoms with van der Waals surface area (Å²) in [4.78, 5) is 2.66. The van der Waals surface area contributed by atoms with Crippen LogP contribution in [0, 0.1) is 0 Å². The molecule has 1 aromatic heterocycles. The molecule has 0 bridgehead atoms. The normalized spacial score (nSPS) is 28.4. The molecule has 1 aliphatic heterocycles. The van der Waals surface area contributed by atoms with Gasteiger partial charge in [0, 0.05) is 31.2 Å². The molecule has 88 valence electrons. The summed E-state index contributed by atoms with van der Waals surface area (Å²) in [5.74, 6) is 0. The van der Waals surface area contributed by atoms with Gasteiger partial charge in [0.05, 0.1) is 0 Å². The van der Waals surface area contributed by atoms with Crippen molar-refractivity contribution < 1.29 is 0 Å². The average molecular weight is 236 g/mol. The summed E-state index contributed by atoms with van der Waals surface area (Å²) in [5, 5.41) is 8.18. The predicted octanol–water partition coefficient (Wildman–Crippen LogP) is 2.64. The largest absolute Gasteiger partial charge is 0.306 e. The van der Waals surface area contributed by atoms with Crippen molar-refractivity contribution in [3.8, 4) is 0 Å². The second-order valence-electron chi connectivity index (χ2n) is 5.16. The quantitative estimate of drug-likeness (QED) is 0.864. The minimum atomic E-state index is 0.510. The van der Waals surface area contributed by atoms with E-state index in [2.05, 4.69) is 34.0 Å². The van der Waals surface area contributed by atoms with Crippen molar-refractivity contribution >= 4 is 11.3 Å². The van der Waals surface area contributed by atoms with Crippen molar-refractivity contribution in [2.24, 2.45) is 0 Å². The molecule has 2 aliphatic rings. The summed E-state index contributed by atoms with van der Waals surface area (Å²) < 4.78 is 0. The Bertz CT molecular complexity index is 332. The number of hydrogen-bond donors (Lipinski definition) is 1. The highest BCUT2D eigenvalue weighted by molar-refractivity contribution is 7.07. The number of likely N-dealkylation sites (tertiary alicyclic amines) is 1. The monoisotopic (exact) mass is 236 g/mol. The second-order valence-corrected chi connectivity index (χ2v) is 5.94. The van der Waals surface area contributed by atoms with Crippen molar-refractivity contribution in [3.63, 3.8) is 0 Å². The minimum absolute atomic E-state index is 0.510. The number of nitrogens with zero attached hydrogens (tertiary/aromatic N) is 1. The first-order chi connectivity index (χ1) is 7.83. The lowest BCUT2D eigenvalue weighted by atomic mass is 10.1. The lowest BCUT2D eigenvalue weighted by Crippen LogP contribution is -2.34. The third-order valence-corrected chi connectivity index (χ3v) is 4.51. The van der Waals surface area contributed by atoms with Crippen LogP contribution < -0.4 is 5.32 Å². The average Bonchev–Trinajstić information content (AvgIpc) is 2.82. The molecule has 0 aromatic carbocycles. The van der Waals surface area contributed by atoms with Gasteiger partial charge in [-0.3, -0.25) is 4.90 Å². The highest BCUT2D eigenvalue weighted by Crippen LogP contribution is 2.30. The van der Waals surface area contributed by atoms with E-state index in [1.54, 1.807) is 11.3 Å². The molecular weight excluding hydrogens is 216 g/mol. The number of rotatable bonds is 4. The molecule has 2 atom stereocenters.